The van der Waals surface area contributed by atoms with E-state index in [1.54, 1.807) is 18.1 Å². The molecule has 3 heterocycles. The standard InChI is InChI=1S/C36H50N8O2Si/c1-24(2)47(25(3)4,26(5)6)20-17-27-21-32(41-36(46)39-28-11-8-9-12-28)40-34-31(27)22-37-35(42-34)38-29-13-15-30(16-14-29)43(7)33(45)23-44-18-10-19-44/h13-16,21-22,24-26,28H,8-12,18-19,23H2,1-7H3,(H3,37,38,39,40,41,42,46). The van der Waals surface area contributed by atoms with Crippen LogP contribution in [0.2, 0.25) is 16.6 Å². The Hall–Kier alpha value is -4.01. The molecule has 1 aliphatic carbocycles. The number of rotatable bonds is 10. The molecule has 2 aliphatic rings. The highest BCUT2D eigenvalue weighted by Crippen LogP contribution is 2.41. The van der Waals surface area contributed by atoms with E-state index >= 15 is 0 Å². The Morgan fingerprint density at radius 2 is 1.64 bits per heavy atom. The predicted octanol–water partition coefficient (Wildman–Crippen LogP) is 7.07. The quantitative estimate of drug-likeness (QED) is 0.158. The summed E-state index contributed by atoms with van der Waals surface area (Å²) in [4.78, 5) is 43.5. The van der Waals surface area contributed by atoms with E-state index in [1.807, 2.05) is 30.3 Å². The monoisotopic (exact) mass is 654 g/mol. The summed E-state index contributed by atoms with van der Waals surface area (Å²) >= 11 is 0. The number of urea groups is 1. The molecule has 0 spiro atoms. The summed E-state index contributed by atoms with van der Waals surface area (Å²) in [6.45, 7) is 16.2. The third-order valence-electron chi connectivity index (χ3n) is 9.97. The maximum absolute atomic E-state index is 12.9. The molecule has 0 bridgehead atoms. The van der Waals surface area contributed by atoms with Crippen LogP contribution in [0.25, 0.3) is 11.0 Å². The number of fused-ring (bicyclic) bond motifs is 1. The molecular weight excluding hydrogens is 605 g/mol. The Morgan fingerprint density at radius 1 is 0.979 bits per heavy atom. The van der Waals surface area contributed by atoms with Crippen molar-refractivity contribution in [2.75, 3.05) is 42.2 Å². The molecule has 2 fully saturated rings. The molecule has 1 aliphatic heterocycles. The highest BCUT2D eigenvalue weighted by molar-refractivity contribution is 6.90. The highest BCUT2D eigenvalue weighted by atomic mass is 28.3. The number of likely N-dealkylation sites (N-methyl/N-ethyl adjacent to an activating group) is 1. The SMILES string of the molecule is CC(C)[Si](C#Cc1cc(NC(=O)NC2CCCC2)nc2nc(Nc3ccc(N(C)C(=O)CN4CCC4)cc3)ncc12)(C(C)C)C(C)C. The van der Waals surface area contributed by atoms with E-state index in [9.17, 15) is 9.59 Å². The summed E-state index contributed by atoms with van der Waals surface area (Å²) < 4.78 is 0. The Morgan fingerprint density at radius 3 is 2.23 bits per heavy atom. The van der Waals surface area contributed by atoms with Crippen molar-refractivity contribution in [1.29, 1.82) is 0 Å². The van der Waals surface area contributed by atoms with E-state index in [-0.39, 0.29) is 18.0 Å². The number of likely N-dealkylation sites (tertiary alicyclic amines) is 1. The number of amides is 3. The van der Waals surface area contributed by atoms with Crippen molar-refractivity contribution < 1.29 is 9.59 Å². The molecule has 1 saturated heterocycles. The Bertz CT molecular complexity index is 1610. The molecular formula is C36H50N8O2Si. The molecule has 10 nitrogen and oxygen atoms in total. The van der Waals surface area contributed by atoms with Crippen LogP contribution in [0.5, 0.6) is 0 Å². The van der Waals surface area contributed by atoms with Crippen LogP contribution in [-0.2, 0) is 4.79 Å². The number of benzene rings is 1. The summed E-state index contributed by atoms with van der Waals surface area (Å²) in [5, 5.41) is 10.0. The predicted molar refractivity (Wildman–Crippen MR) is 194 cm³/mol. The third kappa shape index (κ3) is 7.93. The summed E-state index contributed by atoms with van der Waals surface area (Å²) in [5.41, 5.74) is 8.05. The zero-order valence-electron chi connectivity index (χ0n) is 29.0. The summed E-state index contributed by atoms with van der Waals surface area (Å²) in [5.74, 6) is 4.39. The van der Waals surface area contributed by atoms with Gasteiger partial charge in [0.05, 0.1) is 11.9 Å². The second-order valence-corrected chi connectivity index (χ2v) is 19.5. The second-order valence-electron chi connectivity index (χ2n) is 14.0. The molecule has 0 radical (unpaired) electrons. The molecule has 1 aromatic carbocycles. The van der Waals surface area contributed by atoms with Gasteiger partial charge in [-0.3, -0.25) is 15.0 Å². The molecule has 250 valence electrons. The lowest BCUT2D eigenvalue weighted by Crippen LogP contribution is -2.45. The number of carbonyl (C=O) groups is 2. The summed E-state index contributed by atoms with van der Waals surface area (Å²) in [6, 6.07) is 9.38. The van der Waals surface area contributed by atoms with Gasteiger partial charge in [-0.25, -0.2) is 14.8 Å². The second kappa shape index (κ2) is 14.8. The fraction of sp³-hybridized carbons (Fsp3) is 0.528. The van der Waals surface area contributed by atoms with Gasteiger partial charge < -0.3 is 15.5 Å². The number of nitrogens with zero attached hydrogens (tertiary/aromatic N) is 5. The lowest BCUT2D eigenvalue weighted by Gasteiger charge is -2.38. The zero-order valence-corrected chi connectivity index (χ0v) is 30.0. The average molecular weight is 655 g/mol. The minimum Gasteiger partial charge on any atom is -0.335 e. The normalized spacial score (nSPS) is 15.4. The first kappa shape index (κ1) is 34.3. The van der Waals surface area contributed by atoms with Crippen molar-refractivity contribution in [1.82, 2.24) is 25.2 Å². The van der Waals surface area contributed by atoms with Gasteiger partial charge in [-0.15, -0.1) is 5.54 Å². The van der Waals surface area contributed by atoms with Gasteiger partial charge in [0, 0.05) is 36.2 Å². The third-order valence-corrected chi connectivity index (χ3v) is 16.3. The molecule has 11 heteroatoms. The van der Waals surface area contributed by atoms with Gasteiger partial charge in [0.25, 0.3) is 0 Å². The Balaban J connectivity index is 1.43. The van der Waals surface area contributed by atoms with Gasteiger partial charge in [-0.1, -0.05) is 60.3 Å². The molecule has 3 N–H and O–H groups in total. The van der Waals surface area contributed by atoms with Crippen molar-refractivity contribution in [2.45, 2.75) is 96.3 Å². The first-order valence-corrected chi connectivity index (χ1v) is 19.3. The van der Waals surface area contributed by atoms with Crippen LogP contribution in [0.3, 0.4) is 0 Å². The minimum atomic E-state index is -2.02. The van der Waals surface area contributed by atoms with Crippen molar-refractivity contribution in [3.63, 3.8) is 0 Å². The van der Waals surface area contributed by atoms with Crippen LogP contribution in [0.15, 0.2) is 36.5 Å². The molecule has 1 saturated carbocycles. The van der Waals surface area contributed by atoms with Crippen molar-refractivity contribution in [3.8, 4) is 11.5 Å². The van der Waals surface area contributed by atoms with E-state index in [0.717, 1.165) is 67.5 Å². The molecule has 5 rings (SSSR count). The number of hydrogen-bond acceptors (Lipinski definition) is 7. The number of hydrogen-bond donors (Lipinski definition) is 3. The topological polar surface area (TPSA) is 115 Å². The average Bonchev–Trinajstić information content (AvgIpc) is 3.51. The number of nitrogens with one attached hydrogen (secondary N) is 3. The number of carbonyl (C=O) groups excluding carboxylic acids is 2. The highest BCUT2D eigenvalue weighted by Gasteiger charge is 2.41. The van der Waals surface area contributed by atoms with Crippen LogP contribution in [0.1, 0.15) is 79.2 Å². The summed E-state index contributed by atoms with van der Waals surface area (Å²) in [6.07, 6.45) is 7.17. The molecule has 47 heavy (non-hydrogen) atoms. The smallest absolute Gasteiger partial charge is 0.320 e. The van der Waals surface area contributed by atoms with E-state index in [4.69, 9.17) is 9.97 Å². The lowest BCUT2D eigenvalue weighted by atomic mass is 10.2. The van der Waals surface area contributed by atoms with Crippen molar-refractivity contribution in [2.24, 2.45) is 0 Å². The minimum absolute atomic E-state index is 0.0738. The number of pyridine rings is 1. The van der Waals surface area contributed by atoms with Crippen LogP contribution in [0.4, 0.5) is 27.9 Å². The first-order valence-electron chi connectivity index (χ1n) is 17.1. The van der Waals surface area contributed by atoms with Gasteiger partial charge in [0.2, 0.25) is 11.9 Å². The van der Waals surface area contributed by atoms with E-state index in [0.29, 0.717) is 40.6 Å². The lowest BCUT2D eigenvalue weighted by molar-refractivity contribution is -0.120. The maximum Gasteiger partial charge on any atom is 0.320 e. The van der Waals surface area contributed by atoms with Gasteiger partial charge >= 0.3 is 6.03 Å². The van der Waals surface area contributed by atoms with Crippen LogP contribution < -0.4 is 20.9 Å². The molecule has 3 amide bonds. The fourth-order valence-electron chi connectivity index (χ4n) is 7.13. The van der Waals surface area contributed by atoms with Crippen LogP contribution >= 0.6 is 0 Å². The molecule has 0 atom stereocenters. The number of aromatic nitrogens is 3. The van der Waals surface area contributed by atoms with Gasteiger partial charge in [-0.05, 0) is 79.3 Å². The van der Waals surface area contributed by atoms with Crippen molar-refractivity contribution >= 4 is 54.2 Å². The maximum atomic E-state index is 12.9. The Labute approximate surface area is 280 Å². The van der Waals surface area contributed by atoms with Crippen LogP contribution in [-0.4, -0.2) is 72.6 Å². The van der Waals surface area contributed by atoms with E-state index in [1.165, 1.54) is 0 Å². The largest absolute Gasteiger partial charge is 0.335 e. The van der Waals surface area contributed by atoms with Crippen LogP contribution in [0, 0.1) is 11.5 Å². The van der Waals surface area contributed by atoms with E-state index < -0.39 is 8.07 Å². The molecule has 3 aromatic rings. The van der Waals surface area contributed by atoms with Crippen molar-refractivity contribution in [3.05, 3.63) is 42.1 Å². The Kier molecular flexibility index (Phi) is 10.8. The van der Waals surface area contributed by atoms with Gasteiger partial charge in [0.15, 0.2) is 5.65 Å². The number of anilines is 4. The fourth-order valence-corrected chi connectivity index (χ4v) is 12.3. The zero-order chi connectivity index (χ0) is 33.7. The van der Waals surface area contributed by atoms with Gasteiger partial charge in [0.1, 0.15) is 13.9 Å². The van der Waals surface area contributed by atoms with Gasteiger partial charge in [-0.2, -0.15) is 4.98 Å². The van der Waals surface area contributed by atoms with E-state index in [2.05, 4.69) is 78.8 Å². The summed E-state index contributed by atoms with van der Waals surface area (Å²) in [7, 11) is -0.218. The molecule has 0 unspecified atom stereocenters. The molecule has 2 aromatic heterocycles. The first-order chi connectivity index (χ1) is 22.5.